The first kappa shape index (κ1) is 8.02. The Morgan fingerprint density at radius 1 is 1.23 bits per heavy atom. The molecule has 0 aliphatic rings. The van der Waals surface area contributed by atoms with Crippen molar-refractivity contribution in [1.82, 2.24) is 0 Å². The van der Waals surface area contributed by atoms with Crippen molar-refractivity contribution in [3.8, 4) is 0 Å². The summed E-state index contributed by atoms with van der Waals surface area (Å²) in [5.74, 6) is 0.843. The maximum absolute atomic E-state index is 10.2. The molecule has 0 saturated carbocycles. The molecule has 2 unspecified atom stereocenters. The number of rotatable bonds is 8. The van der Waals surface area contributed by atoms with Crippen LogP contribution in [0.25, 0.3) is 0 Å². The highest BCUT2D eigenvalue weighted by atomic mass is 16.1. The van der Waals surface area contributed by atoms with E-state index in [1.807, 2.05) is 6.92 Å². The first-order valence-corrected chi connectivity index (χ1v) is 5.29. The Balaban J connectivity index is 3.53. The van der Waals surface area contributed by atoms with Crippen molar-refractivity contribution in [3.05, 3.63) is 0 Å². The van der Waals surface area contributed by atoms with Crippen LogP contribution in [-0.4, -0.2) is 6.29 Å². The number of hydrogen-bond donors (Lipinski definition) is 0. The average molecular weight is 187 g/mol. The van der Waals surface area contributed by atoms with Gasteiger partial charge in [-0.1, -0.05) is 46.4 Å². The van der Waals surface area contributed by atoms with Crippen molar-refractivity contribution in [2.24, 2.45) is 11.8 Å². The molecule has 0 amide bonds. The SMILES string of the molecule is [2H]C([2H])([2H])CC(C)CCCC(C)CCC=O. The molecule has 1 heteroatoms. The fourth-order valence-electron chi connectivity index (χ4n) is 1.41. The van der Waals surface area contributed by atoms with E-state index in [4.69, 9.17) is 4.11 Å². The van der Waals surface area contributed by atoms with Crippen LogP contribution in [-0.2, 0) is 4.79 Å². The van der Waals surface area contributed by atoms with Crippen molar-refractivity contribution in [1.29, 1.82) is 0 Å². The second kappa shape index (κ2) is 8.28. The van der Waals surface area contributed by atoms with Gasteiger partial charge in [-0.05, 0) is 18.3 Å². The van der Waals surface area contributed by atoms with Gasteiger partial charge in [0.1, 0.15) is 6.29 Å². The summed E-state index contributed by atoms with van der Waals surface area (Å²) < 4.78 is 21.5. The van der Waals surface area contributed by atoms with Gasteiger partial charge in [-0.2, -0.15) is 0 Å². The van der Waals surface area contributed by atoms with Crippen molar-refractivity contribution >= 4 is 6.29 Å². The van der Waals surface area contributed by atoms with E-state index >= 15 is 0 Å². The summed E-state index contributed by atoms with van der Waals surface area (Å²) in [4.78, 5) is 10.2. The topological polar surface area (TPSA) is 17.1 Å². The molecular formula is C12H24O. The van der Waals surface area contributed by atoms with Crippen LogP contribution in [0.15, 0.2) is 0 Å². The minimum absolute atomic E-state index is 0.269. The molecule has 13 heavy (non-hydrogen) atoms. The van der Waals surface area contributed by atoms with Gasteiger partial charge >= 0.3 is 0 Å². The lowest BCUT2D eigenvalue weighted by molar-refractivity contribution is -0.108. The van der Waals surface area contributed by atoms with Gasteiger partial charge in [-0.15, -0.1) is 0 Å². The highest BCUT2D eigenvalue weighted by Crippen LogP contribution is 2.17. The Morgan fingerprint density at radius 3 is 2.54 bits per heavy atom. The van der Waals surface area contributed by atoms with Crippen LogP contribution in [0.4, 0.5) is 0 Å². The summed E-state index contributed by atoms with van der Waals surface area (Å²) in [5.41, 5.74) is 0. The molecule has 0 saturated heterocycles. The summed E-state index contributed by atoms with van der Waals surface area (Å²) in [6.45, 7) is 2.36. The van der Waals surface area contributed by atoms with E-state index in [1.165, 1.54) is 0 Å². The molecule has 0 aliphatic carbocycles. The Bertz CT molecular complexity index is 189. The smallest absolute Gasteiger partial charge is 0.120 e. The first-order chi connectivity index (χ1) is 7.35. The highest BCUT2D eigenvalue weighted by molar-refractivity contribution is 5.49. The van der Waals surface area contributed by atoms with Gasteiger partial charge in [-0.3, -0.25) is 0 Å². The lowest BCUT2D eigenvalue weighted by atomic mass is 9.95. The van der Waals surface area contributed by atoms with Crippen LogP contribution < -0.4 is 0 Å². The van der Waals surface area contributed by atoms with Crippen LogP contribution in [0.2, 0.25) is 0 Å². The molecule has 1 nitrogen and oxygen atoms in total. The maximum atomic E-state index is 10.2. The molecule has 0 aromatic rings. The molecule has 0 bridgehead atoms. The molecule has 2 atom stereocenters. The molecule has 78 valence electrons. The normalized spacial score (nSPS) is 19.7. The molecule has 0 aromatic heterocycles. The van der Waals surface area contributed by atoms with Crippen LogP contribution >= 0.6 is 0 Å². The Morgan fingerprint density at radius 2 is 1.92 bits per heavy atom. The van der Waals surface area contributed by atoms with Gasteiger partial charge in [0, 0.05) is 10.5 Å². The summed E-state index contributed by atoms with van der Waals surface area (Å²) in [7, 11) is 0. The Kier molecular flexibility index (Phi) is 5.10. The van der Waals surface area contributed by atoms with Crippen molar-refractivity contribution in [3.63, 3.8) is 0 Å². The van der Waals surface area contributed by atoms with Gasteiger partial charge in [0.15, 0.2) is 0 Å². The van der Waals surface area contributed by atoms with Gasteiger partial charge in [0.05, 0.1) is 0 Å². The number of hydrogen-bond acceptors (Lipinski definition) is 1. The third-order valence-electron chi connectivity index (χ3n) is 2.52. The lowest BCUT2D eigenvalue weighted by Gasteiger charge is -2.11. The van der Waals surface area contributed by atoms with Gasteiger partial charge < -0.3 is 4.79 Å². The second-order valence-electron chi connectivity index (χ2n) is 4.09. The molecule has 0 heterocycles. The molecule has 0 radical (unpaired) electrons. The van der Waals surface area contributed by atoms with Crippen LogP contribution in [0.1, 0.15) is 63.3 Å². The predicted octanol–water partition coefficient (Wildman–Crippen LogP) is 3.82. The van der Waals surface area contributed by atoms with E-state index in [0.717, 1.165) is 32.0 Å². The third-order valence-corrected chi connectivity index (χ3v) is 2.52. The molecular weight excluding hydrogens is 160 g/mol. The van der Waals surface area contributed by atoms with Crippen molar-refractivity contribution < 1.29 is 8.91 Å². The summed E-state index contributed by atoms with van der Waals surface area (Å²) in [6, 6.07) is 0. The molecule has 0 fully saturated rings. The molecule has 0 N–H and O–H groups in total. The zero-order valence-corrected chi connectivity index (χ0v) is 8.88. The van der Waals surface area contributed by atoms with E-state index in [9.17, 15) is 4.79 Å². The maximum Gasteiger partial charge on any atom is 0.120 e. The fourth-order valence-corrected chi connectivity index (χ4v) is 1.41. The fraction of sp³-hybridized carbons (Fsp3) is 0.917. The molecule has 0 aromatic carbocycles. The lowest BCUT2D eigenvalue weighted by Crippen LogP contribution is -1.98. The van der Waals surface area contributed by atoms with Crippen LogP contribution in [0, 0.1) is 11.8 Å². The van der Waals surface area contributed by atoms with Crippen LogP contribution in [0.5, 0.6) is 0 Å². The summed E-state index contributed by atoms with van der Waals surface area (Å²) in [5, 5.41) is 0. The van der Waals surface area contributed by atoms with E-state index in [0.29, 0.717) is 18.8 Å². The molecule has 0 rings (SSSR count). The highest BCUT2D eigenvalue weighted by Gasteiger charge is 2.03. The van der Waals surface area contributed by atoms with Crippen molar-refractivity contribution in [2.45, 2.75) is 59.2 Å². The van der Waals surface area contributed by atoms with Crippen molar-refractivity contribution in [2.75, 3.05) is 0 Å². The quantitative estimate of drug-likeness (QED) is 0.528. The van der Waals surface area contributed by atoms with E-state index in [1.54, 1.807) is 0 Å². The second-order valence-corrected chi connectivity index (χ2v) is 4.09. The van der Waals surface area contributed by atoms with Gasteiger partial charge in [-0.25, -0.2) is 0 Å². The zero-order chi connectivity index (χ0) is 12.6. The monoisotopic (exact) mass is 187 g/mol. The van der Waals surface area contributed by atoms with Gasteiger partial charge in [0.2, 0.25) is 0 Å². The predicted molar refractivity (Wildman–Crippen MR) is 57.8 cm³/mol. The Hall–Kier alpha value is -0.330. The minimum atomic E-state index is -1.79. The minimum Gasteiger partial charge on any atom is -0.303 e. The number of carbonyl (C=O) groups excluding carboxylic acids is 1. The largest absolute Gasteiger partial charge is 0.303 e. The van der Waals surface area contributed by atoms with Crippen LogP contribution in [0.3, 0.4) is 0 Å². The number of carbonyl (C=O) groups is 1. The average Bonchev–Trinajstić information content (AvgIpc) is 2.11. The third kappa shape index (κ3) is 8.01. The summed E-state index contributed by atoms with van der Waals surface area (Å²) in [6.07, 6.45) is 6.02. The first-order valence-electron chi connectivity index (χ1n) is 6.79. The zero-order valence-electron chi connectivity index (χ0n) is 11.9. The van der Waals surface area contributed by atoms with E-state index in [2.05, 4.69) is 6.92 Å². The molecule has 0 spiro atoms. The molecule has 0 aliphatic heterocycles. The van der Waals surface area contributed by atoms with E-state index < -0.39 is 6.85 Å². The summed E-state index contributed by atoms with van der Waals surface area (Å²) >= 11 is 0. The number of aldehydes is 1. The van der Waals surface area contributed by atoms with Gasteiger partial charge in [0.25, 0.3) is 0 Å². The van der Waals surface area contributed by atoms with E-state index in [-0.39, 0.29) is 5.92 Å². The Labute approximate surface area is 87.1 Å². The standard InChI is InChI=1S/C12H24O/c1-4-11(2)7-5-8-12(3)9-6-10-13/h10-12H,4-9H2,1-3H3/i1D3.